The fourth-order valence-corrected chi connectivity index (χ4v) is 3.13. The first kappa shape index (κ1) is 20.6. The molecule has 5 nitrogen and oxygen atoms in total. The molecule has 0 atom stereocenters. The molecular formula is C24H26NO4. The van der Waals surface area contributed by atoms with Gasteiger partial charge in [-0.2, -0.15) is 0 Å². The number of anilines is 1. The van der Waals surface area contributed by atoms with Crippen molar-refractivity contribution in [2.75, 3.05) is 11.9 Å². The Morgan fingerprint density at radius 1 is 1.03 bits per heavy atom. The SMILES string of the molecule is CCCCCCCCOc1ccc(C(=O)Nc2cccc3c(=O)c[c]oc23)cc1. The Hall–Kier alpha value is -3.08. The van der Waals surface area contributed by atoms with Crippen LogP contribution in [-0.4, -0.2) is 12.5 Å². The zero-order valence-electron chi connectivity index (χ0n) is 16.7. The van der Waals surface area contributed by atoms with Crippen molar-refractivity contribution in [1.29, 1.82) is 0 Å². The fraction of sp³-hybridized carbons (Fsp3) is 0.333. The molecule has 0 spiro atoms. The minimum absolute atomic E-state index is 0.200. The van der Waals surface area contributed by atoms with E-state index in [0.717, 1.165) is 12.2 Å². The van der Waals surface area contributed by atoms with Gasteiger partial charge in [-0.25, -0.2) is 0 Å². The van der Waals surface area contributed by atoms with Gasteiger partial charge in [-0.3, -0.25) is 9.59 Å². The summed E-state index contributed by atoms with van der Waals surface area (Å²) in [4.78, 5) is 24.4. The molecule has 151 valence electrons. The number of benzene rings is 2. The van der Waals surface area contributed by atoms with E-state index in [4.69, 9.17) is 9.15 Å². The average molecular weight is 392 g/mol. The van der Waals surface area contributed by atoms with Crippen LogP contribution in [0.3, 0.4) is 0 Å². The Morgan fingerprint density at radius 2 is 1.79 bits per heavy atom. The number of amides is 1. The summed E-state index contributed by atoms with van der Waals surface area (Å²) in [7, 11) is 0. The molecule has 0 saturated carbocycles. The lowest BCUT2D eigenvalue weighted by atomic mass is 10.1. The summed E-state index contributed by atoms with van der Waals surface area (Å²) in [6.07, 6.45) is 9.76. The van der Waals surface area contributed by atoms with Crippen molar-refractivity contribution in [3.63, 3.8) is 0 Å². The molecule has 5 heteroatoms. The molecular weight excluding hydrogens is 366 g/mol. The minimum Gasteiger partial charge on any atom is -0.494 e. The van der Waals surface area contributed by atoms with Crippen LogP contribution < -0.4 is 15.5 Å². The van der Waals surface area contributed by atoms with Gasteiger partial charge in [-0.15, -0.1) is 0 Å². The summed E-state index contributed by atoms with van der Waals surface area (Å²) in [6.45, 7) is 2.90. The smallest absolute Gasteiger partial charge is 0.255 e. The summed E-state index contributed by atoms with van der Waals surface area (Å²) in [5, 5.41) is 3.19. The fourth-order valence-electron chi connectivity index (χ4n) is 3.13. The van der Waals surface area contributed by atoms with Gasteiger partial charge in [-0.05, 0) is 42.8 Å². The number of carbonyl (C=O) groups excluding carboxylic acids is 1. The lowest BCUT2D eigenvalue weighted by Crippen LogP contribution is -2.12. The van der Waals surface area contributed by atoms with E-state index < -0.39 is 0 Å². The summed E-state index contributed by atoms with van der Waals surface area (Å²) >= 11 is 0. The second-order valence-corrected chi connectivity index (χ2v) is 7.01. The highest BCUT2D eigenvalue weighted by Crippen LogP contribution is 2.22. The molecule has 0 saturated heterocycles. The van der Waals surface area contributed by atoms with Gasteiger partial charge in [0.05, 0.1) is 17.7 Å². The summed E-state index contributed by atoms with van der Waals surface area (Å²) in [6, 6.07) is 13.3. The predicted octanol–water partition coefficient (Wildman–Crippen LogP) is 5.58. The van der Waals surface area contributed by atoms with Crippen molar-refractivity contribution >= 4 is 22.6 Å². The van der Waals surface area contributed by atoms with Gasteiger partial charge < -0.3 is 14.5 Å². The molecule has 1 N–H and O–H groups in total. The van der Waals surface area contributed by atoms with Gasteiger partial charge in [0.1, 0.15) is 5.75 Å². The Balaban J connectivity index is 1.55. The number of fused-ring (bicyclic) bond motifs is 1. The molecule has 0 aliphatic carbocycles. The molecule has 3 rings (SSSR count). The van der Waals surface area contributed by atoms with Crippen LogP contribution in [0.1, 0.15) is 55.8 Å². The van der Waals surface area contributed by atoms with Gasteiger partial charge in [0.15, 0.2) is 17.3 Å². The van der Waals surface area contributed by atoms with Crippen LogP contribution >= 0.6 is 0 Å². The Morgan fingerprint density at radius 3 is 2.59 bits per heavy atom. The number of para-hydroxylation sites is 1. The standard InChI is InChI=1S/C24H26NO4/c1-2-3-4-5-6-7-16-28-19-13-11-18(12-14-19)24(27)25-21-10-8-9-20-22(26)15-17-29-23(20)21/h8-15H,2-7,16H2,1H3,(H,25,27). The van der Waals surface area contributed by atoms with Crippen LogP contribution in [0, 0.1) is 6.26 Å². The summed E-state index contributed by atoms with van der Waals surface area (Å²) in [5.74, 6) is 0.465. The number of nitrogens with one attached hydrogen (secondary N) is 1. The molecule has 0 unspecified atom stereocenters. The van der Waals surface area contributed by atoms with Crippen LogP contribution in [0.2, 0.25) is 0 Å². The highest BCUT2D eigenvalue weighted by molar-refractivity contribution is 6.07. The van der Waals surface area contributed by atoms with Crippen molar-refractivity contribution in [2.45, 2.75) is 45.4 Å². The van der Waals surface area contributed by atoms with Crippen LogP contribution in [0.25, 0.3) is 11.0 Å². The van der Waals surface area contributed by atoms with Crippen LogP contribution in [0.15, 0.2) is 57.7 Å². The third-order valence-electron chi connectivity index (χ3n) is 4.76. The molecule has 3 aromatic rings. The van der Waals surface area contributed by atoms with Crippen molar-refractivity contribution in [1.82, 2.24) is 0 Å². The molecule has 29 heavy (non-hydrogen) atoms. The molecule has 1 radical (unpaired) electrons. The number of rotatable bonds is 10. The van der Waals surface area contributed by atoms with Crippen LogP contribution in [0.5, 0.6) is 5.75 Å². The van der Waals surface area contributed by atoms with E-state index in [-0.39, 0.29) is 11.3 Å². The molecule has 2 aromatic carbocycles. The van der Waals surface area contributed by atoms with Gasteiger partial charge in [-0.1, -0.05) is 45.1 Å². The highest BCUT2D eigenvalue weighted by atomic mass is 16.5. The van der Waals surface area contributed by atoms with E-state index in [0.29, 0.717) is 28.8 Å². The van der Waals surface area contributed by atoms with E-state index in [9.17, 15) is 9.59 Å². The van der Waals surface area contributed by atoms with E-state index in [1.807, 2.05) is 0 Å². The maximum Gasteiger partial charge on any atom is 0.255 e. The molecule has 1 amide bonds. The normalized spacial score (nSPS) is 10.8. The number of unbranched alkanes of at least 4 members (excludes halogenated alkanes) is 5. The second-order valence-electron chi connectivity index (χ2n) is 7.01. The van der Waals surface area contributed by atoms with E-state index >= 15 is 0 Å². The summed E-state index contributed by atoms with van der Waals surface area (Å²) < 4.78 is 11.1. The highest BCUT2D eigenvalue weighted by Gasteiger charge is 2.11. The number of hydrogen-bond donors (Lipinski definition) is 1. The monoisotopic (exact) mass is 392 g/mol. The first-order valence-corrected chi connectivity index (χ1v) is 10.2. The van der Waals surface area contributed by atoms with Gasteiger partial charge in [0.25, 0.3) is 5.91 Å². The Bertz CT molecular complexity index is 992. The zero-order valence-corrected chi connectivity index (χ0v) is 16.7. The molecule has 1 heterocycles. The van der Waals surface area contributed by atoms with Gasteiger partial charge in [0.2, 0.25) is 0 Å². The van der Waals surface area contributed by atoms with Crippen molar-refractivity contribution in [2.24, 2.45) is 0 Å². The quantitative estimate of drug-likeness (QED) is 0.457. The third kappa shape index (κ3) is 5.70. The maximum atomic E-state index is 12.6. The first-order chi connectivity index (χ1) is 14.2. The molecule has 0 aliphatic heterocycles. The predicted molar refractivity (Wildman–Crippen MR) is 115 cm³/mol. The minimum atomic E-state index is -0.286. The average Bonchev–Trinajstić information content (AvgIpc) is 2.74. The van der Waals surface area contributed by atoms with Crippen LogP contribution in [0.4, 0.5) is 5.69 Å². The first-order valence-electron chi connectivity index (χ1n) is 10.2. The van der Waals surface area contributed by atoms with E-state index in [1.54, 1.807) is 42.5 Å². The lowest BCUT2D eigenvalue weighted by molar-refractivity contribution is 0.102. The zero-order chi connectivity index (χ0) is 20.5. The van der Waals surface area contributed by atoms with Gasteiger partial charge in [0, 0.05) is 11.6 Å². The number of carbonyl (C=O) groups is 1. The largest absolute Gasteiger partial charge is 0.494 e. The topological polar surface area (TPSA) is 68.5 Å². The third-order valence-corrected chi connectivity index (χ3v) is 4.76. The molecule has 0 bridgehead atoms. The van der Waals surface area contributed by atoms with Crippen molar-refractivity contribution in [3.8, 4) is 5.75 Å². The maximum absolute atomic E-state index is 12.6. The molecule has 1 aromatic heterocycles. The molecule has 0 aliphatic rings. The van der Waals surface area contributed by atoms with Crippen molar-refractivity contribution in [3.05, 3.63) is 70.6 Å². The Kier molecular flexibility index (Phi) is 7.45. The second kappa shape index (κ2) is 10.5. The molecule has 0 fully saturated rings. The number of hydrogen-bond acceptors (Lipinski definition) is 4. The van der Waals surface area contributed by atoms with Gasteiger partial charge >= 0.3 is 0 Å². The van der Waals surface area contributed by atoms with Crippen LogP contribution in [-0.2, 0) is 0 Å². The Labute approximate surface area is 170 Å². The van der Waals surface area contributed by atoms with E-state index in [2.05, 4.69) is 18.5 Å². The summed E-state index contributed by atoms with van der Waals surface area (Å²) in [5.41, 5.74) is 1.04. The van der Waals surface area contributed by atoms with E-state index in [1.165, 1.54) is 38.2 Å². The van der Waals surface area contributed by atoms with Crippen molar-refractivity contribution < 1.29 is 13.9 Å². The lowest BCUT2D eigenvalue weighted by Gasteiger charge is -2.09. The number of ether oxygens (including phenoxy) is 1.